The molecule has 0 radical (unpaired) electrons. The molecule has 4 aliphatic rings. The van der Waals surface area contributed by atoms with Crippen molar-refractivity contribution in [2.75, 3.05) is 27.7 Å². The number of phenolic OH excluding ortho intramolecular Hbond substituents is 1. The third kappa shape index (κ3) is 3.11. The van der Waals surface area contributed by atoms with E-state index in [1.807, 2.05) is 38.2 Å². The van der Waals surface area contributed by atoms with Crippen molar-refractivity contribution in [1.82, 2.24) is 9.80 Å². The summed E-state index contributed by atoms with van der Waals surface area (Å²) in [5.41, 5.74) is 3.85. The number of carbonyl (C=O) groups is 1. The molecule has 6 rings (SSSR count). The van der Waals surface area contributed by atoms with E-state index in [4.69, 9.17) is 9.47 Å². The number of ether oxygens (including phenoxy) is 2. The van der Waals surface area contributed by atoms with Gasteiger partial charge in [0.25, 0.3) is 5.91 Å². The molecule has 182 valence electrons. The zero-order valence-corrected chi connectivity index (χ0v) is 20.8. The van der Waals surface area contributed by atoms with Crippen LogP contribution in [0.1, 0.15) is 41.5 Å². The number of likely N-dealkylation sites (tertiary alicyclic amines) is 1. The minimum Gasteiger partial charge on any atom is -0.508 e. The second kappa shape index (κ2) is 7.93. The summed E-state index contributed by atoms with van der Waals surface area (Å²) >= 11 is 0. The molecule has 2 heterocycles. The fourth-order valence-corrected chi connectivity index (χ4v) is 7.40. The van der Waals surface area contributed by atoms with Gasteiger partial charge in [0.1, 0.15) is 11.9 Å². The summed E-state index contributed by atoms with van der Waals surface area (Å²) in [7, 11) is 5.66. The summed E-state index contributed by atoms with van der Waals surface area (Å²) in [6, 6.07) is 9.84. The molecule has 0 aromatic heterocycles. The first-order chi connectivity index (χ1) is 16.8. The largest absolute Gasteiger partial charge is 0.508 e. The molecule has 1 amide bonds. The Kier molecular flexibility index (Phi) is 5.05. The molecule has 1 spiro atoms. The van der Waals surface area contributed by atoms with E-state index in [0.29, 0.717) is 23.5 Å². The number of hydrogen-bond donors (Lipinski definition) is 1. The number of phenols is 1. The van der Waals surface area contributed by atoms with Gasteiger partial charge in [-0.2, -0.15) is 0 Å². The van der Waals surface area contributed by atoms with Crippen molar-refractivity contribution in [2.45, 2.75) is 56.2 Å². The quantitative estimate of drug-likeness (QED) is 0.680. The number of methoxy groups -OCH3 is 1. The molecule has 2 fully saturated rings. The number of benzene rings is 2. The average molecular weight is 473 g/mol. The van der Waals surface area contributed by atoms with Gasteiger partial charge in [-0.15, -0.1) is 0 Å². The third-order valence-corrected chi connectivity index (χ3v) is 9.02. The van der Waals surface area contributed by atoms with Crippen molar-refractivity contribution in [3.63, 3.8) is 0 Å². The van der Waals surface area contributed by atoms with Crippen molar-refractivity contribution in [3.8, 4) is 29.1 Å². The van der Waals surface area contributed by atoms with Crippen LogP contribution in [0.4, 0.5) is 0 Å². The van der Waals surface area contributed by atoms with Crippen LogP contribution < -0.4 is 9.47 Å². The molecular weight excluding hydrogens is 440 g/mol. The van der Waals surface area contributed by atoms with Crippen LogP contribution in [0, 0.1) is 24.7 Å². The summed E-state index contributed by atoms with van der Waals surface area (Å²) in [6.07, 6.45) is 3.46. The van der Waals surface area contributed by atoms with Crippen LogP contribution in [0.15, 0.2) is 30.3 Å². The zero-order chi connectivity index (χ0) is 24.5. The van der Waals surface area contributed by atoms with E-state index in [1.54, 1.807) is 18.1 Å². The Morgan fingerprint density at radius 2 is 2.14 bits per heavy atom. The maximum absolute atomic E-state index is 13.2. The summed E-state index contributed by atoms with van der Waals surface area (Å²) in [5.74, 6) is 7.76. The molecule has 0 unspecified atom stereocenters. The highest BCUT2D eigenvalue weighted by Gasteiger charge is 2.66. The first-order valence-electron chi connectivity index (χ1n) is 12.5. The molecule has 1 saturated heterocycles. The first kappa shape index (κ1) is 22.3. The lowest BCUT2D eigenvalue weighted by Gasteiger charge is -2.59. The Morgan fingerprint density at radius 3 is 2.91 bits per heavy atom. The minimum absolute atomic E-state index is 0.0974. The number of nitrogens with zero attached hydrogens (tertiary/aromatic N) is 2. The van der Waals surface area contributed by atoms with E-state index in [1.165, 1.54) is 0 Å². The molecule has 6 nitrogen and oxygen atoms in total. The van der Waals surface area contributed by atoms with Gasteiger partial charge < -0.3 is 24.4 Å². The zero-order valence-electron chi connectivity index (χ0n) is 20.8. The van der Waals surface area contributed by atoms with E-state index >= 15 is 0 Å². The lowest BCUT2D eigenvalue weighted by atomic mass is 9.51. The molecule has 2 aromatic rings. The van der Waals surface area contributed by atoms with Crippen LogP contribution in [-0.4, -0.2) is 66.8 Å². The molecule has 2 aliphatic heterocycles. The van der Waals surface area contributed by atoms with E-state index in [2.05, 4.69) is 23.8 Å². The number of likely N-dealkylation sites (N-methyl/N-ethyl adjacent to an activating group) is 2. The molecular formula is C29H32N2O4. The standard InChI is InChI=1S/C29H32N2O4/c1-17-6-5-7-18(14-17)8-11-25(33)31(3)21-10-9-20-22-15-19-23(32)16-24(34-4)27-26(19)29(20,28(21)35-27)12-13-30(22)2/h5-7,14,16,20-22,28,32H,9-10,12-13,15H2,1-4H3/t20-,21-,22+,28-,29-/m0/s1. The van der Waals surface area contributed by atoms with Crippen molar-refractivity contribution in [2.24, 2.45) is 5.92 Å². The van der Waals surface area contributed by atoms with Gasteiger partial charge in [-0.1, -0.05) is 18.1 Å². The predicted molar refractivity (Wildman–Crippen MR) is 133 cm³/mol. The molecule has 35 heavy (non-hydrogen) atoms. The maximum Gasteiger partial charge on any atom is 0.298 e. The minimum atomic E-state index is -0.229. The lowest BCUT2D eigenvalue weighted by Crippen LogP contribution is -2.68. The number of amides is 1. The first-order valence-corrected chi connectivity index (χ1v) is 12.5. The fourth-order valence-electron chi connectivity index (χ4n) is 7.40. The second-order valence-electron chi connectivity index (χ2n) is 10.6. The molecule has 2 bridgehead atoms. The van der Waals surface area contributed by atoms with Gasteiger partial charge in [0.2, 0.25) is 0 Å². The maximum atomic E-state index is 13.2. The topological polar surface area (TPSA) is 62.2 Å². The van der Waals surface area contributed by atoms with Crippen LogP contribution in [-0.2, 0) is 16.6 Å². The fraction of sp³-hybridized carbons (Fsp3) is 0.483. The Morgan fingerprint density at radius 1 is 1.31 bits per heavy atom. The number of rotatable bonds is 2. The lowest BCUT2D eigenvalue weighted by molar-refractivity contribution is -0.133. The van der Waals surface area contributed by atoms with Crippen molar-refractivity contribution in [1.29, 1.82) is 0 Å². The monoisotopic (exact) mass is 472 g/mol. The second-order valence-corrected chi connectivity index (χ2v) is 10.6. The summed E-state index contributed by atoms with van der Waals surface area (Å²) in [5, 5.41) is 11.0. The molecule has 2 aromatic carbocycles. The van der Waals surface area contributed by atoms with Gasteiger partial charge in [0, 0.05) is 47.2 Å². The van der Waals surface area contributed by atoms with Gasteiger partial charge >= 0.3 is 0 Å². The summed E-state index contributed by atoms with van der Waals surface area (Å²) in [6.45, 7) is 2.99. The Balaban J connectivity index is 1.40. The Hall–Kier alpha value is -3.17. The number of hydrogen-bond acceptors (Lipinski definition) is 5. The summed E-state index contributed by atoms with van der Waals surface area (Å²) < 4.78 is 12.4. The Bertz CT molecular complexity index is 1280. The third-order valence-electron chi connectivity index (χ3n) is 9.02. The molecule has 5 atom stereocenters. The van der Waals surface area contributed by atoms with E-state index in [9.17, 15) is 9.90 Å². The van der Waals surface area contributed by atoms with Crippen LogP contribution in [0.25, 0.3) is 0 Å². The summed E-state index contributed by atoms with van der Waals surface area (Å²) in [4.78, 5) is 17.5. The van der Waals surface area contributed by atoms with Crippen LogP contribution in [0.2, 0.25) is 0 Å². The smallest absolute Gasteiger partial charge is 0.298 e. The van der Waals surface area contributed by atoms with Crippen LogP contribution >= 0.6 is 0 Å². The van der Waals surface area contributed by atoms with E-state index in [-0.39, 0.29) is 23.5 Å². The highest BCUT2D eigenvalue weighted by molar-refractivity contribution is 5.94. The van der Waals surface area contributed by atoms with Crippen LogP contribution in [0.3, 0.4) is 0 Å². The number of aromatic hydroxyl groups is 1. The van der Waals surface area contributed by atoms with Crippen molar-refractivity contribution >= 4 is 5.91 Å². The van der Waals surface area contributed by atoms with Crippen molar-refractivity contribution in [3.05, 3.63) is 52.6 Å². The van der Waals surface area contributed by atoms with Crippen LogP contribution in [0.5, 0.6) is 17.2 Å². The number of carbonyl (C=O) groups excluding carboxylic acids is 1. The van der Waals surface area contributed by atoms with Gasteiger partial charge in [-0.3, -0.25) is 4.79 Å². The highest BCUT2D eigenvalue weighted by Crippen LogP contribution is 2.65. The van der Waals surface area contributed by atoms with Crippen molar-refractivity contribution < 1.29 is 19.4 Å². The SMILES string of the molecule is COc1cc(O)c2c3c1O[C@H]1[C@@H](N(C)C(=O)C#Cc4cccc(C)c4)CC[C@H]4[C@@H](C2)N(C)CC[C@@]341. The number of aryl methyl sites for hydroxylation is 1. The van der Waals surface area contributed by atoms with Gasteiger partial charge in [-0.05, 0) is 69.8 Å². The molecule has 6 heteroatoms. The van der Waals surface area contributed by atoms with E-state index < -0.39 is 0 Å². The predicted octanol–water partition coefficient (Wildman–Crippen LogP) is 3.26. The highest BCUT2D eigenvalue weighted by atomic mass is 16.5. The Labute approximate surface area is 206 Å². The van der Waals surface area contributed by atoms with Gasteiger partial charge in [0.05, 0.1) is 13.2 Å². The van der Waals surface area contributed by atoms with Gasteiger partial charge in [0.15, 0.2) is 11.5 Å². The number of piperidine rings is 1. The normalized spacial score (nSPS) is 29.9. The average Bonchev–Trinajstić information content (AvgIpc) is 3.19. The molecule has 2 aliphatic carbocycles. The van der Waals surface area contributed by atoms with Gasteiger partial charge in [-0.25, -0.2) is 0 Å². The van der Waals surface area contributed by atoms with E-state index in [0.717, 1.165) is 60.2 Å². The molecule has 1 N–H and O–H groups in total. The molecule has 1 saturated carbocycles.